The fraction of sp³-hybridized carbons (Fsp3) is 0.105. The standard InChI is InChI=1S/C19H13N3O/c1-10-5-6-14-16-15(10)11(2)9-21-17(16)13-8-12-4-3-7-20-18(12)22-19(13)23-14/h3-9H,1-2H3. The molecule has 0 bridgehead atoms. The van der Waals surface area contributed by atoms with E-state index in [1.54, 1.807) is 6.20 Å². The van der Waals surface area contributed by atoms with E-state index in [1.165, 1.54) is 10.9 Å². The zero-order chi connectivity index (χ0) is 15.6. The molecule has 4 nitrogen and oxygen atoms in total. The number of hydrogen-bond donors (Lipinski definition) is 0. The van der Waals surface area contributed by atoms with Gasteiger partial charge in [-0.1, -0.05) is 6.07 Å². The third-order valence-electron chi connectivity index (χ3n) is 4.41. The highest BCUT2D eigenvalue weighted by molar-refractivity contribution is 6.05. The molecule has 4 heteroatoms. The van der Waals surface area contributed by atoms with E-state index in [0.29, 0.717) is 11.5 Å². The van der Waals surface area contributed by atoms with Crippen molar-refractivity contribution < 1.29 is 4.74 Å². The van der Waals surface area contributed by atoms with E-state index >= 15 is 0 Å². The molecule has 0 unspecified atom stereocenters. The van der Waals surface area contributed by atoms with E-state index in [4.69, 9.17) is 4.74 Å². The normalized spacial score (nSPS) is 12.3. The smallest absolute Gasteiger partial charge is 0.230 e. The molecule has 5 rings (SSSR count). The predicted octanol–water partition coefficient (Wildman–Crippen LogP) is 4.57. The number of aromatic nitrogens is 3. The lowest BCUT2D eigenvalue weighted by molar-refractivity contribution is 0.468. The van der Waals surface area contributed by atoms with Gasteiger partial charge in [0.05, 0.1) is 16.6 Å². The Morgan fingerprint density at radius 1 is 0.957 bits per heavy atom. The maximum absolute atomic E-state index is 6.08. The van der Waals surface area contributed by atoms with Crippen LogP contribution in [-0.2, 0) is 0 Å². The summed E-state index contributed by atoms with van der Waals surface area (Å²) in [5.41, 5.74) is 4.93. The topological polar surface area (TPSA) is 47.9 Å². The number of fused-ring (bicyclic) bond motifs is 3. The monoisotopic (exact) mass is 299 g/mol. The van der Waals surface area contributed by atoms with Gasteiger partial charge in [-0.15, -0.1) is 0 Å². The molecule has 4 heterocycles. The van der Waals surface area contributed by atoms with Gasteiger partial charge in [-0.25, -0.2) is 4.98 Å². The van der Waals surface area contributed by atoms with Crippen LogP contribution in [0.2, 0.25) is 0 Å². The van der Waals surface area contributed by atoms with Gasteiger partial charge in [-0.3, -0.25) is 4.98 Å². The Bertz CT molecular complexity index is 1110. The Balaban J connectivity index is 1.95. The van der Waals surface area contributed by atoms with Crippen molar-refractivity contribution in [1.29, 1.82) is 0 Å². The molecule has 0 saturated carbocycles. The second kappa shape index (κ2) is 4.26. The van der Waals surface area contributed by atoms with Crippen LogP contribution in [0, 0.1) is 13.8 Å². The summed E-state index contributed by atoms with van der Waals surface area (Å²) in [6, 6.07) is 10.1. The van der Waals surface area contributed by atoms with Crippen molar-refractivity contribution in [3.8, 4) is 22.9 Å². The van der Waals surface area contributed by atoms with Crippen molar-refractivity contribution in [3.63, 3.8) is 0 Å². The highest BCUT2D eigenvalue weighted by Gasteiger charge is 2.24. The predicted molar refractivity (Wildman–Crippen MR) is 89.8 cm³/mol. The molecule has 0 atom stereocenters. The van der Waals surface area contributed by atoms with E-state index in [-0.39, 0.29) is 0 Å². The zero-order valence-corrected chi connectivity index (χ0v) is 12.8. The molecular formula is C19H13N3O. The number of hydrogen-bond acceptors (Lipinski definition) is 4. The van der Waals surface area contributed by atoms with Gasteiger partial charge in [-0.2, -0.15) is 4.98 Å². The van der Waals surface area contributed by atoms with Gasteiger partial charge in [0.15, 0.2) is 5.65 Å². The molecule has 0 amide bonds. The molecule has 1 aliphatic rings. The van der Waals surface area contributed by atoms with Crippen molar-refractivity contribution in [2.75, 3.05) is 0 Å². The maximum Gasteiger partial charge on any atom is 0.230 e. The summed E-state index contributed by atoms with van der Waals surface area (Å²) in [5, 5.41) is 3.27. The van der Waals surface area contributed by atoms with E-state index < -0.39 is 0 Å². The molecular weight excluding hydrogens is 286 g/mol. The first-order valence-electron chi connectivity index (χ1n) is 7.55. The number of rotatable bonds is 0. The minimum Gasteiger partial charge on any atom is -0.437 e. The average Bonchev–Trinajstić information content (AvgIpc) is 2.57. The zero-order valence-electron chi connectivity index (χ0n) is 12.8. The van der Waals surface area contributed by atoms with Gasteiger partial charge in [-0.05, 0) is 54.6 Å². The minimum atomic E-state index is 0.574. The van der Waals surface area contributed by atoms with Crippen LogP contribution in [0.15, 0.2) is 42.7 Å². The number of benzene rings is 1. The minimum absolute atomic E-state index is 0.574. The summed E-state index contributed by atoms with van der Waals surface area (Å²) in [6.45, 7) is 4.20. The Morgan fingerprint density at radius 2 is 1.87 bits per heavy atom. The second-order valence-corrected chi connectivity index (χ2v) is 5.91. The van der Waals surface area contributed by atoms with Gasteiger partial charge in [0, 0.05) is 17.8 Å². The molecule has 0 fully saturated rings. The molecule has 110 valence electrons. The van der Waals surface area contributed by atoms with E-state index in [0.717, 1.165) is 33.3 Å². The van der Waals surface area contributed by atoms with Gasteiger partial charge < -0.3 is 4.74 Å². The van der Waals surface area contributed by atoms with Gasteiger partial charge in [0.1, 0.15) is 5.75 Å². The molecule has 0 N–H and O–H groups in total. The molecule has 3 aromatic heterocycles. The van der Waals surface area contributed by atoms with Crippen LogP contribution >= 0.6 is 0 Å². The first-order valence-corrected chi connectivity index (χ1v) is 7.55. The first kappa shape index (κ1) is 12.5. The molecule has 0 radical (unpaired) electrons. The van der Waals surface area contributed by atoms with Crippen molar-refractivity contribution in [3.05, 3.63) is 53.9 Å². The van der Waals surface area contributed by atoms with Crippen LogP contribution in [0.4, 0.5) is 0 Å². The van der Waals surface area contributed by atoms with Crippen LogP contribution < -0.4 is 4.74 Å². The lowest BCUT2D eigenvalue weighted by Gasteiger charge is -2.21. The third kappa shape index (κ3) is 1.63. The van der Waals surface area contributed by atoms with Crippen LogP contribution in [0.25, 0.3) is 33.1 Å². The van der Waals surface area contributed by atoms with Crippen molar-refractivity contribution in [2.45, 2.75) is 13.8 Å². The van der Waals surface area contributed by atoms with Crippen molar-refractivity contribution in [1.82, 2.24) is 15.0 Å². The molecule has 0 spiro atoms. The molecule has 4 aromatic rings. The number of nitrogens with zero attached hydrogens (tertiary/aromatic N) is 3. The van der Waals surface area contributed by atoms with Gasteiger partial charge in [0.25, 0.3) is 0 Å². The Hall–Kier alpha value is -3.01. The van der Waals surface area contributed by atoms with Crippen LogP contribution in [0.3, 0.4) is 0 Å². The number of aryl methyl sites for hydroxylation is 2. The average molecular weight is 299 g/mol. The lowest BCUT2D eigenvalue weighted by Crippen LogP contribution is -2.03. The molecule has 23 heavy (non-hydrogen) atoms. The fourth-order valence-electron chi connectivity index (χ4n) is 3.35. The molecule has 0 aliphatic carbocycles. The summed E-state index contributed by atoms with van der Waals surface area (Å²) < 4.78 is 6.08. The van der Waals surface area contributed by atoms with Crippen molar-refractivity contribution >= 4 is 21.8 Å². The quantitative estimate of drug-likeness (QED) is 0.420. The van der Waals surface area contributed by atoms with Crippen molar-refractivity contribution in [2.24, 2.45) is 0 Å². The molecule has 1 aromatic carbocycles. The molecule has 1 aliphatic heterocycles. The maximum atomic E-state index is 6.08. The largest absolute Gasteiger partial charge is 0.437 e. The summed E-state index contributed by atoms with van der Waals surface area (Å²) >= 11 is 0. The summed E-state index contributed by atoms with van der Waals surface area (Å²) in [7, 11) is 0. The highest BCUT2D eigenvalue weighted by Crippen LogP contribution is 2.46. The van der Waals surface area contributed by atoms with Gasteiger partial charge in [0.2, 0.25) is 5.88 Å². The Kier molecular flexibility index (Phi) is 2.32. The summed E-state index contributed by atoms with van der Waals surface area (Å²) in [5.74, 6) is 1.39. The van der Waals surface area contributed by atoms with Crippen LogP contribution in [0.1, 0.15) is 11.1 Å². The second-order valence-electron chi connectivity index (χ2n) is 5.91. The number of ether oxygens (including phenoxy) is 1. The SMILES string of the molecule is Cc1ccc2c3c(ncc(C)c13)-c1cc3cccnc3nc1O2. The first-order chi connectivity index (χ1) is 11.2. The van der Waals surface area contributed by atoms with Crippen LogP contribution in [0.5, 0.6) is 11.6 Å². The van der Waals surface area contributed by atoms with E-state index in [1.807, 2.05) is 24.4 Å². The Labute approximate surface area is 132 Å². The van der Waals surface area contributed by atoms with Gasteiger partial charge >= 0.3 is 0 Å². The Morgan fingerprint density at radius 3 is 2.78 bits per heavy atom. The van der Waals surface area contributed by atoms with E-state index in [9.17, 15) is 0 Å². The lowest BCUT2D eigenvalue weighted by atomic mass is 9.96. The summed E-state index contributed by atoms with van der Waals surface area (Å²) in [6.07, 6.45) is 3.67. The summed E-state index contributed by atoms with van der Waals surface area (Å²) in [4.78, 5) is 13.6. The molecule has 0 saturated heterocycles. The van der Waals surface area contributed by atoms with Crippen LogP contribution in [-0.4, -0.2) is 15.0 Å². The highest BCUT2D eigenvalue weighted by atomic mass is 16.5. The number of pyridine rings is 3. The third-order valence-corrected chi connectivity index (χ3v) is 4.41. The van der Waals surface area contributed by atoms with E-state index in [2.05, 4.69) is 40.9 Å². The fourth-order valence-corrected chi connectivity index (χ4v) is 3.35.